The molecule has 0 radical (unpaired) electrons. The summed E-state index contributed by atoms with van der Waals surface area (Å²) in [7, 11) is 0. The van der Waals surface area contributed by atoms with Crippen molar-refractivity contribution in [1.29, 1.82) is 0 Å². The van der Waals surface area contributed by atoms with Crippen LogP contribution in [0.1, 0.15) is 93.4 Å². The number of anilines is 1. The molecular formula is C24H36N2O4S. The van der Waals surface area contributed by atoms with Gasteiger partial charge in [-0.25, -0.2) is 0 Å². The second-order valence-electron chi connectivity index (χ2n) is 10.4. The third kappa shape index (κ3) is 6.09. The van der Waals surface area contributed by atoms with E-state index in [9.17, 15) is 14.4 Å². The Balaban J connectivity index is 1.82. The molecule has 1 aromatic rings. The molecule has 0 saturated heterocycles. The largest absolute Gasteiger partial charge is 0.481 e. The van der Waals surface area contributed by atoms with E-state index in [-0.39, 0.29) is 42.0 Å². The zero-order valence-electron chi connectivity index (χ0n) is 19.2. The lowest BCUT2D eigenvalue weighted by Gasteiger charge is -2.33. The van der Waals surface area contributed by atoms with Crippen molar-refractivity contribution in [2.75, 3.05) is 5.32 Å². The van der Waals surface area contributed by atoms with Crippen LogP contribution in [0.4, 0.5) is 5.00 Å². The Morgan fingerprint density at radius 3 is 2.42 bits per heavy atom. The van der Waals surface area contributed by atoms with Gasteiger partial charge in [0.1, 0.15) is 5.00 Å². The van der Waals surface area contributed by atoms with Crippen LogP contribution in [0.15, 0.2) is 0 Å². The maximum Gasteiger partial charge on any atom is 0.303 e. The van der Waals surface area contributed by atoms with Gasteiger partial charge in [-0.15, -0.1) is 11.3 Å². The van der Waals surface area contributed by atoms with E-state index in [1.54, 1.807) is 6.92 Å². The van der Waals surface area contributed by atoms with Gasteiger partial charge in [0.25, 0.3) is 5.91 Å². The zero-order chi connectivity index (χ0) is 22.8. The monoisotopic (exact) mass is 448 g/mol. The number of amides is 2. The summed E-state index contributed by atoms with van der Waals surface area (Å²) in [6, 6.07) is 0.216. The Bertz CT molecular complexity index is 833. The van der Waals surface area contributed by atoms with Crippen LogP contribution in [0.3, 0.4) is 0 Å². The number of hydrogen-bond donors (Lipinski definition) is 3. The molecule has 1 heterocycles. The molecule has 6 nitrogen and oxygen atoms in total. The number of nitrogens with one attached hydrogen (secondary N) is 2. The van der Waals surface area contributed by atoms with Crippen LogP contribution in [0, 0.1) is 17.3 Å². The lowest BCUT2D eigenvalue weighted by molar-refractivity contribution is -0.138. The molecule has 2 amide bonds. The van der Waals surface area contributed by atoms with Gasteiger partial charge in [0.15, 0.2) is 0 Å². The van der Waals surface area contributed by atoms with E-state index in [1.807, 2.05) is 0 Å². The van der Waals surface area contributed by atoms with Gasteiger partial charge in [-0.2, -0.15) is 0 Å². The summed E-state index contributed by atoms with van der Waals surface area (Å²) in [6.07, 6.45) is 7.22. The summed E-state index contributed by atoms with van der Waals surface area (Å²) in [5.41, 5.74) is 1.93. The molecule has 31 heavy (non-hydrogen) atoms. The summed E-state index contributed by atoms with van der Waals surface area (Å²) in [5, 5.41) is 15.7. The highest BCUT2D eigenvalue weighted by molar-refractivity contribution is 7.17. The van der Waals surface area contributed by atoms with E-state index in [4.69, 9.17) is 5.11 Å². The Morgan fingerprint density at radius 1 is 1.13 bits per heavy atom. The third-order valence-corrected chi connectivity index (χ3v) is 7.89. The molecular weight excluding hydrogens is 412 g/mol. The van der Waals surface area contributed by atoms with Gasteiger partial charge >= 0.3 is 5.97 Å². The summed E-state index contributed by atoms with van der Waals surface area (Å²) in [4.78, 5) is 38.0. The molecule has 2 aliphatic carbocycles. The second-order valence-corrected chi connectivity index (χ2v) is 11.5. The summed E-state index contributed by atoms with van der Waals surface area (Å²) in [5.74, 6) is -0.921. The van der Waals surface area contributed by atoms with E-state index in [1.165, 1.54) is 16.2 Å². The molecule has 0 aliphatic heterocycles. The number of rotatable bonds is 7. The predicted molar refractivity (Wildman–Crippen MR) is 124 cm³/mol. The Kier molecular flexibility index (Phi) is 7.45. The van der Waals surface area contributed by atoms with E-state index in [2.05, 4.69) is 31.4 Å². The Hall–Kier alpha value is -1.89. The van der Waals surface area contributed by atoms with Crippen molar-refractivity contribution < 1.29 is 19.5 Å². The van der Waals surface area contributed by atoms with E-state index < -0.39 is 5.97 Å². The molecule has 7 heteroatoms. The molecule has 2 atom stereocenters. The zero-order valence-corrected chi connectivity index (χ0v) is 20.0. The minimum Gasteiger partial charge on any atom is -0.481 e. The van der Waals surface area contributed by atoms with Crippen molar-refractivity contribution in [3.63, 3.8) is 0 Å². The highest BCUT2D eigenvalue weighted by Gasteiger charge is 2.34. The van der Waals surface area contributed by atoms with Gasteiger partial charge in [0.05, 0.1) is 5.56 Å². The number of carbonyl (C=O) groups excluding carboxylic acids is 2. The van der Waals surface area contributed by atoms with Gasteiger partial charge in [-0.3, -0.25) is 14.4 Å². The first-order chi connectivity index (χ1) is 14.5. The van der Waals surface area contributed by atoms with Crippen LogP contribution in [0.2, 0.25) is 0 Å². The van der Waals surface area contributed by atoms with Crippen LogP contribution >= 0.6 is 11.3 Å². The number of hydrogen-bond acceptors (Lipinski definition) is 4. The van der Waals surface area contributed by atoms with Crippen LogP contribution in [-0.2, 0) is 22.4 Å². The number of carbonyl (C=O) groups is 3. The fourth-order valence-electron chi connectivity index (χ4n) is 4.85. The molecule has 1 fully saturated rings. The molecule has 1 saturated carbocycles. The molecule has 1 aromatic heterocycles. The van der Waals surface area contributed by atoms with Crippen LogP contribution in [0.5, 0.6) is 0 Å². The molecule has 2 aliphatic rings. The average Bonchev–Trinajstić information content (AvgIpc) is 3.26. The number of aliphatic carboxylic acids is 1. The van der Waals surface area contributed by atoms with Crippen molar-refractivity contribution in [2.24, 2.45) is 17.3 Å². The Morgan fingerprint density at radius 2 is 1.81 bits per heavy atom. The number of thiophene rings is 1. The third-order valence-electron chi connectivity index (χ3n) is 6.72. The van der Waals surface area contributed by atoms with Crippen molar-refractivity contribution in [2.45, 2.75) is 91.5 Å². The number of carboxylic acids is 1. The van der Waals surface area contributed by atoms with Crippen molar-refractivity contribution >= 4 is 34.1 Å². The van der Waals surface area contributed by atoms with Crippen LogP contribution in [0.25, 0.3) is 0 Å². The van der Waals surface area contributed by atoms with Gasteiger partial charge in [-0.1, -0.05) is 40.5 Å². The lowest BCUT2D eigenvalue weighted by Crippen LogP contribution is -2.34. The minimum atomic E-state index is -0.906. The fraction of sp³-hybridized carbons (Fsp3) is 0.708. The maximum absolute atomic E-state index is 13.2. The lowest BCUT2D eigenvalue weighted by atomic mass is 9.72. The first-order valence-electron chi connectivity index (χ1n) is 11.5. The average molecular weight is 449 g/mol. The highest BCUT2D eigenvalue weighted by Crippen LogP contribution is 2.44. The summed E-state index contributed by atoms with van der Waals surface area (Å²) in [6.45, 7) is 8.54. The van der Waals surface area contributed by atoms with Gasteiger partial charge in [0.2, 0.25) is 5.91 Å². The standard InChI is InChI=1S/C24H36N2O4S/c1-14(12-20(28)29)11-19(27)26-23-21(22(30)25-16-7-5-6-8-16)17-10-9-15(24(2,3)4)13-18(17)31-23/h14-16H,5-13H2,1-4H3,(H,25,30)(H,26,27)(H,28,29)/t14-,15-/m1/s1. The topological polar surface area (TPSA) is 95.5 Å². The molecule has 172 valence electrons. The Labute approximate surface area is 189 Å². The highest BCUT2D eigenvalue weighted by atomic mass is 32.1. The smallest absolute Gasteiger partial charge is 0.303 e. The molecule has 3 rings (SSSR count). The SMILES string of the molecule is C[C@@H](CC(=O)O)CC(=O)Nc1sc2c(c1C(=O)NC1CCCC1)CC[C@@H](C(C)(C)C)C2. The first kappa shape index (κ1) is 23.8. The van der Waals surface area contributed by atoms with E-state index >= 15 is 0 Å². The quantitative estimate of drug-likeness (QED) is 0.546. The molecule has 0 spiro atoms. The van der Waals surface area contributed by atoms with E-state index in [0.717, 1.165) is 50.5 Å². The van der Waals surface area contributed by atoms with Crippen LogP contribution in [-0.4, -0.2) is 28.9 Å². The van der Waals surface area contributed by atoms with Gasteiger partial charge < -0.3 is 15.7 Å². The van der Waals surface area contributed by atoms with Crippen molar-refractivity contribution in [1.82, 2.24) is 5.32 Å². The number of carboxylic acid groups (broad SMARTS) is 1. The minimum absolute atomic E-state index is 0.0450. The van der Waals surface area contributed by atoms with Crippen molar-refractivity contribution in [3.8, 4) is 0 Å². The molecule has 0 unspecified atom stereocenters. The van der Waals surface area contributed by atoms with Crippen molar-refractivity contribution in [3.05, 3.63) is 16.0 Å². The predicted octanol–water partition coefficient (Wildman–Crippen LogP) is 5.01. The van der Waals surface area contributed by atoms with E-state index in [0.29, 0.717) is 16.5 Å². The summed E-state index contributed by atoms with van der Waals surface area (Å²) >= 11 is 1.53. The molecule has 0 bridgehead atoms. The maximum atomic E-state index is 13.2. The van der Waals surface area contributed by atoms with Gasteiger partial charge in [0, 0.05) is 23.8 Å². The second kappa shape index (κ2) is 9.72. The van der Waals surface area contributed by atoms with Gasteiger partial charge in [-0.05, 0) is 54.9 Å². The fourth-order valence-corrected chi connectivity index (χ4v) is 6.19. The summed E-state index contributed by atoms with van der Waals surface area (Å²) < 4.78 is 0. The molecule has 0 aromatic carbocycles. The normalized spacial score (nSPS) is 20.2. The van der Waals surface area contributed by atoms with Crippen LogP contribution < -0.4 is 10.6 Å². The number of fused-ring (bicyclic) bond motifs is 1. The first-order valence-corrected chi connectivity index (χ1v) is 12.3. The molecule has 3 N–H and O–H groups in total.